The molecule has 23 heavy (non-hydrogen) atoms. The van der Waals surface area contributed by atoms with Gasteiger partial charge in [-0.05, 0) is 19.2 Å². The first-order valence-electron chi connectivity index (χ1n) is 6.07. The second-order valence-electron chi connectivity index (χ2n) is 4.40. The Morgan fingerprint density at radius 1 is 1.57 bits per heavy atom. The number of phenols is 1. The van der Waals surface area contributed by atoms with E-state index in [1.54, 1.807) is 12.3 Å². The lowest BCUT2D eigenvalue weighted by Crippen LogP contribution is -2.14. The molecule has 118 valence electrons. The summed E-state index contributed by atoms with van der Waals surface area (Å²) in [6.07, 6.45) is 1.67. The van der Waals surface area contributed by atoms with E-state index in [2.05, 4.69) is 25.9 Å². The van der Waals surface area contributed by atoms with Crippen molar-refractivity contribution in [2.75, 3.05) is 6.26 Å². The Balaban J connectivity index is 2.94. The number of nitriles is 1. The fourth-order valence-electron chi connectivity index (χ4n) is 1.97. The van der Waals surface area contributed by atoms with E-state index in [4.69, 9.17) is 0 Å². The largest absolute Gasteiger partial charge is 0.502 e. The van der Waals surface area contributed by atoms with Gasteiger partial charge in [-0.1, -0.05) is 27.7 Å². The van der Waals surface area contributed by atoms with Gasteiger partial charge in [0.05, 0.1) is 10.5 Å². The quantitative estimate of drug-likeness (QED) is 0.352. The lowest BCUT2D eigenvalue weighted by Gasteiger charge is -2.10. The fraction of sp³-hybridized carbons (Fsp3) is 0.154. The lowest BCUT2D eigenvalue weighted by atomic mass is 10.0. The van der Waals surface area contributed by atoms with Gasteiger partial charge in [0.1, 0.15) is 17.3 Å². The molecule has 0 aliphatic rings. The monoisotopic (exact) mass is 396 g/mol. The predicted octanol–water partition coefficient (Wildman–Crippen LogP) is 2.72. The van der Waals surface area contributed by atoms with Crippen molar-refractivity contribution in [3.05, 3.63) is 42.1 Å². The second kappa shape index (κ2) is 6.39. The SMILES string of the molecule is CSc1nc(-c2cc(Br)c(C)c([N+](=O)[O-])c2O)c(C#N)c(=O)[nH]1. The molecular formula is C13H9BrN4O4S. The summed E-state index contributed by atoms with van der Waals surface area (Å²) >= 11 is 4.31. The molecule has 2 aromatic rings. The summed E-state index contributed by atoms with van der Waals surface area (Å²) in [5, 5.41) is 30.8. The molecule has 8 nitrogen and oxygen atoms in total. The van der Waals surface area contributed by atoms with Crippen LogP contribution in [0.3, 0.4) is 0 Å². The first-order chi connectivity index (χ1) is 10.8. The standard InChI is InChI=1S/C13H9BrN4O4S/c1-5-8(14)3-6(11(19)10(5)18(21)22)9-7(4-15)12(20)17-13(16-9)23-2/h3,19H,1-2H3,(H,16,17,20). The Bertz CT molecular complexity index is 920. The number of halogens is 1. The molecular weight excluding hydrogens is 388 g/mol. The van der Waals surface area contributed by atoms with E-state index in [1.165, 1.54) is 13.0 Å². The van der Waals surface area contributed by atoms with Gasteiger partial charge < -0.3 is 10.1 Å². The minimum atomic E-state index is -0.729. The topological polar surface area (TPSA) is 133 Å². The predicted molar refractivity (Wildman–Crippen MR) is 87.5 cm³/mol. The Morgan fingerprint density at radius 2 is 2.22 bits per heavy atom. The number of hydrogen-bond donors (Lipinski definition) is 2. The normalized spacial score (nSPS) is 10.3. The van der Waals surface area contributed by atoms with E-state index in [0.29, 0.717) is 4.47 Å². The summed E-state index contributed by atoms with van der Waals surface area (Å²) in [5.41, 5.74) is -1.46. The molecule has 1 aromatic heterocycles. The molecule has 0 saturated heterocycles. The van der Waals surface area contributed by atoms with Crippen LogP contribution in [0, 0.1) is 28.4 Å². The van der Waals surface area contributed by atoms with Crippen molar-refractivity contribution in [2.24, 2.45) is 0 Å². The number of thioether (sulfide) groups is 1. The van der Waals surface area contributed by atoms with E-state index in [-0.39, 0.29) is 27.5 Å². The minimum Gasteiger partial charge on any atom is -0.502 e. The van der Waals surface area contributed by atoms with Crippen molar-refractivity contribution >= 4 is 33.4 Å². The number of aromatic amines is 1. The molecule has 2 rings (SSSR count). The van der Waals surface area contributed by atoms with Crippen LogP contribution in [0.1, 0.15) is 11.1 Å². The molecule has 1 heterocycles. The van der Waals surface area contributed by atoms with E-state index >= 15 is 0 Å². The van der Waals surface area contributed by atoms with Crippen LogP contribution in [0.15, 0.2) is 20.5 Å². The van der Waals surface area contributed by atoms with Crippen molar-refractivity contribution in [1.29, 1.82) is 5.26 Å². The summed E-state index contributed by atoms with van der Waals surface area (Å²) in [6, 6.07) is 3.11. The number of aromatic nitrogens is 2. The smallest absolute Gasteiger partial charge is 0.315 e. The highest BCUT2D eigenvalue weighted by molar-refractivity contribution is 9.10. The lowest BCUT2D eigenvalue weighted by molar-refractivity contribution is -0.386. The number of nitrogens with one attached hydrogen (secondary N) is 1. The number of benzene rings is 1. The molecule has 2 N–H and O–H groups in total. The van der Waals surface area contributed by atoms with Gasteiger partial charge in [0.2, 0.25) is 5.75 Å². The van der Waals surface area contributed by atoms with Crippen LogP contribution in [-0.4, -0.2) is 26.3 Å². The van der Waals surface area contributed by atoms with Crippen LogP contribution in [-0.2, 0) is 0 Å². The van der Waals surface area contributed by atoms with Crippen molar-refractivity contribution < 1.29 is 10.0 Å². The highest BCUT2D eigenvalue weighted by Gasteiger charge is 2.27. The van der Waals surface area contributed by atoms with Gasteiger partial charge in [0, 0.05) is 10.0 Å². The molecule has 0 fully saturated rings. The molecule has 0 saturated carbocycles. The first kappa shape index (κ1) is 17.0. The van der Waals surface area contributed by atoms with Crippen LogP contribution >= 0.6 is 27.7 Å². The van der Waals surface area contributed by atoms with Crippen LogP contribution in [0.2, 0.25) is 0 Å². The van der Waals surface area contributed by atoms with Gasteiger partial charge in [0.25, 0.3) is 5.56 Å². The maximum absolute atomic E-state index is 11.9. The molecule has 0 aliphatic heterocycles. The summed E-state index contributed by atoms with van der Waals surface area (Å²) < 4.78 is 0.355. The number of hydrogen-bond acceptors (Lipinski definition) is 7. The number of rotatable bonds is 3. The first-order valence-corrected chi connectivity index (χ1v) is 8.08. The van der Waals surface area contributed by atoms with E-state index in [0.717, 1.165) is 11.8 Å². The number of nitro benzene ring substituents is 1. The van der Waals surface area contributed by atoms with Gasteiger partial charge in [0.15, 0.2) is 5.16 Å². The molecule has 1 aromatic carbocycles. The summed E-state index contributed by atoms with van der Waals surface area (Å²) in [5.74, 6) is -0.641. The molecule has 0 radical (unpaired) electrons. The summed E-state index contributed by atoms with van der Waals surface area (Å²) in [6.45, 7) is 1.47. The molecule has 0 unspecified atom stereocenters. The maximum atomic E-state index is 11.9. The number of phenolic OH excluding ortho intramolecular Hbond substituents is 1. The highest BCUT2D eigenvalue weighted by Crippen LogP contribution is 2.42. The van der Waals surface area contributed by atoms with Crippen molar-refractivity contribution in [3.8, 4) is 23.1 Å². The fourth-order valence-corrected chi connectivity index (χ4v) is 2.77. The Labute approximate surface area is 142 Å². The molecule has 10 heteroatoms. The van der Waals surface area contributed by atoms with Gasteiger partial charge in [-0.2, -0.15) is 5.26 Å². The van der Waals surface area contributed by atoms with E-state index in [1.807, 2.05) is 0 Å². The third-order valence-corrected chi connectivity index (χ3v) is 4.51. The number of nitro groups is 1. The molecule has 0 spiro atoms. The highest BCUT2D eigenvalue weighted by atomic mass is 79.9. The zero-order valence-corrected chi connectivity index (χ0v) is 14.3. The minimum absolute atomic E-state index is 0.0628. The maximum Gasteiger partial charge on any atom is 0.315 e. The van der Waals surface area contributed by atoms with Crippen molar-refractivity contribution in [2.45, 2.75) is 12.1 Å². The second-order valence-corrected chi connectivity index (χ2v) is 6.05. The van der Waals surface area contributed by atoms with Gasteiger partial charge in [-0.3, -0.25) is 14.9 Å². The van der Waals surface area contributed by atoms with Gasteiger partial charge in [-0.25, -0.2) is 4.98 Å². The van der Waals surface area contributed by atoms with Crippen LogP contribution in [0.5, 0.6) is 5.75 Å². The Kier molecular flexibility index (Phi) is 4.72. The summed E-state index contributed by atoms with van der Waals surface area (Å²) in [7, 11) is 0. The van der Waals surface area contributed by atoms with Crippen molar-refractivity contribution in [1.82, 2.24) is 9.97 Å². The third-order valence-electron chi connectivity index (χ3n) is 3.10. The van der Waals surface area contributed by atoms with Gasteiger partial charge in [-0.15, -0.1) is 0 Å². The molecule has 0 bridgehead atoms. The van der Waals surface area contributed by atoms with Crippen LogP contribution < -0.4 is 5.56 Å². The third kappa shape index (κ3) is 2.93. The van der Waals surface area contributed by atoms with E-state index < -0.39 is 21.9 Å². The van der Waals surface area contributed by atoms with Crippen LogP contribution in [0.4, 0.5) is 5.69 Å². The average Bonchev–Trinajstić information content (AvgIpc) is 2.49. The zero-order valence-electron chi connectivity index (χ0n) is 11.9. The van der Waals surface area contributed by atoms with E-state index in [9.17, 15) is 25.3 Å². The Hall–Kier alpha value is -2.38. The van der Waals surface area contributed by atoms with Gasteiger partial charge >= 0.3 is 5.69 Å². The molecule has 0 atom stereocenters. The zero-order chi connectivity index (χ0) is 17.3. The number of nitrogens with zero attached hydrogens (tertiary/aromatic N) is 3. The number of aromatic hydroxyl groups is 1. The molecule has 0 aliphatic carbocycles. The van der Waals surface area contributed by atoms with Crippen LogP contribution in [0.25, 0.3) is 11.3 Å². The van der Waals surface area contributed by atoms with Crippen molar-refractivity contribution in [3.63, 3.8) is 0 Å². The Morgan fingerprint density at radius 3 is 2.74 bits per heavy atom. The number of H-pyrrole nitrogens is 1. The summed E-state index contributed by atoms with van der Waals surface area (Å²) in [4.78, 5) is 28.9. The average molecular weight is 397 g/mol. The molecule has 0 amide bonds.